The molecule has 0 spiro atoms. The lowest BCUT2D eigenvalue weighted by atomic mass is 10.2. The van der Waals surface area contributed by atoms with E-state index in [1.165, 1.54) is 6.07 Å². The van der Waals surface area contributed by atoms with E-state index in [-0.39, 0.29) is 4.90 Å². The van der Waals surface area contributed by atoms with E-state index in [2.05, 4.69) is 0 Å². The van der Waals surface area contributed by atoms with Crippen molar-refractivity contribution in [2.45, 2.75) is 24.2 Å². The lowest BCUT2D eigenvalue weighted by molar-refractivity contribution is 0.170. The summed E-state index contributed by atoms with van der Waals surface area (Å²) in [6, 6.07) is 6.49. The summed E-state index contributed by atoms with van der Waals surface area (Å²) in [4.78, 5) is 0.137. The van der Waals surface area contributed by atoms with Gasteiger partial charge in [-0.1, -0.05) is 18.2 Å². The van der Waals surface area contributed by atoms with Gasteiger partial charge < -0.3 is 0 Å². The molecule has 4 heteroatoms. The second kappa shape index (κ2) is 3.47. The highest BCUT2D eigenvalue weighted by Gasteiger charge is 2.23. The summed E-state index contributed by atoms with van der Waals surface area (Å²) in [5.74, 6) is 0. The molecule has 0 aromatic heterocycles. The van der Waals surface area contributed by atoms with Gasteiger partial charge in [0, 0.05) is 0 Å². The molecule has 3 nitrogen and oxygen atoms in total. The Morgan fingerprint density at radius 2 is 1.77 bits per heavy atom. The van der Waals surface area contributed by atoms with Gasteiger partial charge in [0.05, 0.1) is 4.90 Å². The van der Waals surface area contributed by atoms with Gasteiger partial charge in [0.2, 0.25) is 9.84 Å². The molecule has 0 N–H and O–H groups in total. The average Bonchev–Trinajstić information content (AvgIpc) is 2.04. The van der Waals surface area contributed by atoms with Crippen LogP contribution in [0.25, 0.3) is 0 Å². The maximum absolute atomic E-state index is 11.4. The van der Waals surface area contributed by atoms with Gasteiger partial charge >= 0.3 is 0 Å². The number of sulfone groups is 1. The van der Waals surface area contributed by atoms with Gasteiger partial charge in [0.1, 0.15) is 0 Å². The second-order valence-electron chi connectivity index (χ2n) is 2.88. The van der Waals surface area contributed by atoms with Crippen LogP contribution >= 0.6 is 0 Å². The minimum absolute atomic E-state index is 0.137. The molecule has 0 amide bonds. The van der Waals surface area contributed by atoms with Crippen molar-refractivity contribution < 1.29 is 13.5 Å². The Balaban J connectivity index is 3.32. The van der Waals surface area contributed by atoms with Gasteiger partial charge in [0.15, 0.2) is 5.44 Å². The highest BCUT2D eigenvalue weighted by molar-refractivity contribution is 7.91. The normalized spacial score (nSPS) is 14.1. The van der Waals surface area contributed by atoms with E-state index in [1.807, 2.05) is 0 Å². The summed E-state index contributed by atoms with van der Waals surface area (Å²) in [5.41, 5.74) is -0.987. The van der Waals surface area contributed by atoms with Crippen molar-refractivity contribution in [1.29, 1.82) is 0 Å². The molecule has 0 bridgehead atoms. The van der Waals surface area contributed by atoms with Crippen molar-refractivity contribution in [3.63, 3.8) is 0 Å². The zero-order valence-electron chi connectivity index (χ0n) is 7.52. The summed E-state index contributed by atoms with van der Waals surface area (Å²) >= 11 is 0. The van der Waals surface area contributed by atoms with Crippen LogP contribution in [0.4, 0.5) is 0 Å². The van der Waals surface area contributed by atoms with Gasteiger partial charge in [0.25, 0.3) is 0 Å². The van der Waals surface area contributed by atoms with Gasteiger partial charge in [-0.15, -0.1) is 0 Å². The SMILES string of the molecule is Cc1ccccc1S(=O)(=O)C(C)[O]. The molecule has 0 fully saturated rings. The minimum atomic E-state index is -3.66. The highest BCUT2D eigenvalue weighted by atomic mass is 32.2. The molecule has 1 aromatic carbocycles. The summed E-state index contributed by atoms with van der Waals surface area (Å²) in [7, 11) is -3.66. The van der Waals surface area contributed by atoms with Crippen LogP contribution in [0.3, 0.4) is 0 Å². The summed E-state index contributed by atoms with van der Waals surface area (Å²) in [6.45, 7) is 2.82. The molecule has 71 valence electrons. The standard InChI is InChI=1S/C9H11O3S/c1-7-5-3-4-6-9(7)13(11,12)8(2)10/h3-6,8H,1-2H3. The Kier molecular flexibility index (Phi) is 2.73. The van der Waals surface area contributed by atoms with E-state index in [0.29, 0.717) is 5.56 Å². The van der Waals surface area contributed by atoms with Crippen LogP contribution in [-0.2, 0) is 14.9 Å². The molecule has 1 unspecified atom stereocenters. The second-order valence-corrected chi connectivity index (χ2v) is 5.07. The lowest BCUT2D eigenvalue weighted by Crippen LogP contribution is -2.16. The molecule has 1 rings (SSSR count). The maximum Gasteiger partial charge on any atom is 0.208 e. The molecule has 1 radical (unpaired) electrons. The van der Waals surface area contributed by atoms with Crippen LogP contribution in [0.15, 0.2) is 29.2 Å². The van der Waals surface area contributed by atoms with Crippen molar-refractivity contribution in [3.05, 3.63) is 29.8 Å². The van der Waals surface area contributed by atoms with Gasteiger partial charge in [-0.2, -0.15) is 0 Å². The molecular weight excluding hydrogens is 188 g/mol. The van der Waals surface area contributed by atoms with Gasteiger partial charge in [-0.05, 0) is 25.5 Å². The third-order valence-corrected chi connectivity index (χ3v) is 3.78. The van der Waals surface area contributed by atoms with Gasteiger partial charge in [-0.3, -0.25) is 0 Å². The smallest absolute Gasteiger partial charge is 0.208 e. The van der Waals surface area contributed by atoms with Crippen LogP contribution < -0.4 is 0 Å². The highest BCUT2D eigenvalue weighted by Crippen LogP contribution is 2.18. The van der Waals surface area contributed by atoms with Crippen LogP contribution in [0, 0.1) is 6.92 Å². The van der Waals surface area contributed by atoms with Crippen LogP contribution in [0.1, 0.15) is 12.5 Å². The Hall–Kier alpha value is -0.870. The molecule has 0 saturated heterocycles. The maximum atomic E-state index is 11.4. The predicted molar refractivity (Wildman–Crippen MR) is 48.5 cm³/mol. The van der Waals surface area contributed by atoms with Crippen LogP contribution in [-0.4, -0.2) is 13.9 Å². The monoisotopic (exact) mass is 199 g/mol. The molecule has 1 aromatic rings. The molecule has 1 atom stereocenters. The van der Waals surface area contributed by atoms with Crippen molar-refractivity contribution in [1.82, 2.24) is 0 Å². The van der Waals surface area contributed by atoms with Crippen molar-refractivity contribution >= 4 is 9.84 Å². The van der Waals surface area contributed by atoms with Crippen molar-refractivity contribution in [3.8, 4) is 0 Å². The Labute approximate surface area is 77.9 Å². The first-order valence-corrected chi connectivity index (χ1v) is 5.46. The van der Waals surface area contributed by atoms with Crippen molar-refractivity contribution in [2.75, 3.05) is 0 Å². The fourth-order valence-corrected chi connectivity index (χ4v) is 2.20. The van der Waals surface area contributed by atoms with E-state index in [9.17, 15) is 13.5 Å². The van der Waals surface area contributed by atoms with Gasteiger partial charge in [-0.25, -0.2) is 13.5 Å². The first kappa shape index (κ1) is 10.2. The van der Waals surface area contributed by atoms with E-state index in [0.717, 1.165) is 6.92 Å². The molecule has 0 aliphatic heterocycles. The Morgan fingerprint density at radius 1 is 1.23 bits per heavy atom. The predicted octanol–water partition coefficient (Wildman–Crippen LogP) is 1.55. The molecule has 0 heterocycles. The van der Waals surface area contributed by atoms with E-state index in [4.69, 9.17) is 0 Å². The fraction of sp³-hybridized carbons (Fsp3) is 0.333. The van der Waals surface area contributed by atoms with E-state index >= 15 is 0 Å². The fourth-order valence-electron chi connectivity index (χ4n) is 1.05. The number of benzene rings is 1. The first-order valence-electron chi connectivity index (χ1n) is 3.91. The molecule has 0 aliphatic rings. The Bertz CT molecular complexity index is 393. The molecule has 13 heavy (non-hydrogen) atoms. The van der Waals surface area contributed by atoms with E-state index < -0.39 is 15.3 Å². The van der Waals surface area contributed by atoms with Crippen molar-refractivity contribution in [2.24, 2.45) is 0 Å². The number of hydrogen-bond donors (Lipinski definition) is 0. The summed E-state index contributed by atoms with van der Waals surface area (Å²) < 4.78 is 22.9. The molecular formula is C9H11O3S. The first-order chi connectivity index (χ1) is 5.96. The molecule has 0 aliphatic carbocycles. The zero-order chi connectivity index (χ0) is 10.1. The summed E-state index contributed by atoms with van der Waals surface area (Å²) in [5, 5.41) is 10.9. The third-order valence-electron chi connectivity index (χ3n) is 1.84. The number of aryl methyl sites for hydroxylation is 1. The quantitative estimate of drug-likeness (QED) is 0.725. The average molecular weight is 199 g/mol. The number of hydrogen-bond acceptors (Lipinski definition) is 2. The Morgan fingerprint density at radius 3 is 2.23 bits per heavy atom. The lowest BCUT2D eigenvalue weighted by Gasteiger charge is -2.07. The minimum Gasteiger partial charge on any atom is -0.221 e. The zero-order valence-corrected chi connectivity index (χ0v) is 8.34. The van der Waals surface area contributed by atoms with E-state index in [1.54, 1.807) is 25.1 Å². The largest absolute Gasteiger partial charge is 0.221 e. The van der Waals surface area contributed by atoms with Crippen LogP contribution in [0.5, 0.6) is 0 Å². The topological polar surface area (TPSA) is 54.0 Å². The third kappa shape index (κ3) is 1.89. The summed E-state index contributed by atoms with van der Waals surface area (Å²) in [6.07, 6.45) is 0. The molecule has 0 saturated carbocycles. The van der Waals surface area contributed by atoms with Crippen LogP contribution in [0.2, 0.25) is 0 Å². The number of rotatable bonds is 2.